The van der Waals surface area contributed by atoms with Crippen LogP contribution in [0.5, 0.6) is 0 Å². The van der Waals surface area contributed by atoms with E-state index in [0.29, 0.717) is 23.6 Å². The van der Waals surface area contributed by atoms with Gasteiger partial charge in [-0.1, -0.05) is 18.2 Å². The van der Waals surface area contributed by atoms with Gasteiger partial charge in [0.05, 0.1) is 5.56 Å². The summed E-state index contributed by atoms with van der Waals surface area (Å²) in [5, 5.41) is 4.31. The maximum absolute atomic E-state index is 12.9. The molecular weight excluding hydrogens is 252 g/mol. The van der Waals surface area contributed by atoms with Crippen LogP contribution in [0, 0.1) is 5.92 Å². The topological polar surface area (TPSA) is 45.5 Å². The van der Waals surface area contributed by atoms with Crippen molar-refractivity contribution in [3.63, 3.8) is 0 Å². The Morgan fingerprint density at radius 3 is 3.10 bits per heavy atom. The molecule has 2 aliphatic rings. The fourth-order valence-electron chi connectivity index (χ4n) is 3.80. The molecule has 20 heavy (non-hydrogen) atoms. The predicted molar refractivity (Wildman–Crippen MR) is 76.6 cm³/mol. The molecule has 0 saturated carbocycles. The first-order valence-corrected chi connectivity index (χ1v) is 7.25. The molecule has 0 aliphatic carbocycles. The third-order valence-corrected chi connectivity index (χ3v) is 4.73. The number of furan rings is 1. The largest absolute Gasteiger partial charge is 0.463 e. The van der Waals surface area contributed by atoms with Crippen LogP contribution in [0.25, 0.3) is 11.0 Å². The van der Waals surface area contributed by atoms with Crippen LogP contribution in [0.15, 0.2) is 34.9 Å². The Hall–Kier alpha value is -1.81. The quantitative estimate of drug-likeness (QED) is 0.864. The lowest BCUT2D eigenvalue weighted by Crippen LogP contribution is -2.42. The summed E-state index contributed by atoms with van der Waals surface area (Å²) in [5.74, 6) is 0.714. The van der Waals surface area contributed by atoms with E-state index in [1.807, 2.05) is 24.3 Å². The van der Waals surface area contributed by atoms with E-state index in [4.69, 9.17) is 4.42 Å². The van der Waals surface area contributed by atoms with E-state index in [9.17, 15) is 4.79 Å². The Morgan fingerprint density at radius 2 is 2.20 bits per heavy atom. The molecule has 4 heteroatoms. The van der Waals surface area contributed by atoms with Crippen molar-refractivity contribution in [2.75, 3.05) is 13.1 Å². The van der Waals surface area contributed by atoms with Crippen LogP contribution in [-0.2, 0) is 0 Å². The Morgan fingerprint density at radius 1 is 1.35 bits per heavy atom. The lowest BCUT2D eigenvalue weighted by Gasteiger charge is -2.27. The highest BCUT2D eigenvalue weighted by Crippen LogP contribution is 2.34. The molecule has 104 valence electrons. The summed E-state index contributed by atoms with van der Waals surface area (Å²) in [4.78, 5) is 15.0. The minimum absolute atomic E-state index is 0.110. The third-order valence-electron chi connectivity index (χ3n) is 4.73. The number of hydrogen-bond acceptors (Lipinski definition) is 3. The third kappa shape index (κ3) is 1.61. The van der Waals surface area contributed by atoms with Crippen LogP contribution in [0.2, 0.25) is 0 Å². The van der Waals surface area contributed by atoms with E-state index < -0.39 is 0 Å². The highest BCUT2D eigenvalue weighted by Gasteiger charge is 2.44. The number of nitrogens with one attached hydrogen (secondary N) is 1. The van der Waals surface area contributed by atoms with E-state index in [1.165, 1.54) is 0 Å². The number of carbonyl (C=O) groups is 1. The van der Waals surface area contributed by atoms with Crippen LogP contribution in [-0.4, -0.2) is 36.0 Å². The van der Waals surface area contributed by atoms with Gasteiger partial charge in [0.2, 0.25) is 0 Å². The van der Waals surface area contributed by atoms with Crippen LogP contribution in [0.4, 0.5) is 0 Å². The number of amides is 1. The van der Waals surface area contributed by atoms with Gasteiger partial charge in [0.25, 0.3) is 5.91 Å². The monoisotopic (exact) mass is 270 g/mol. The van der Waals surface area contributed by atoms with Gasteiger partial charge < -0.3 is 14.6 Å². The van der Waals surface area contributed by atoms with Crippen molar-refractivity contribution in [1.29, 1.82) is 0 Å². The van der Waals surface area contributed by atoms with E-state index in [2.05, 4.69) is 17.1 Å². The van der Waals surface area contributed by atoms with Gasteiger partial charge in [-0.15, -0.1) is 0 Å². The van der Waals surface area contributed by atoms with Crippen LogP contribution in [0.3, 0.4) is 0 Å². The van der Waals surface area contributed by atoms with Gasteiger partial charge >= 0.3 is 0 Å². The maximum atomic E-state index is 12.9. The van der Waals surface area contributed by atoms with Crippen molar-refractivity contribution < 1.29 is 9.21 Å². The second kappa shape index (κ2) is 4.35. The molecule has 2 aliphatic heterocycles. The zero-order valence-electron chi connectivity index (χ0n) is 11.5. The number of nitrogens with zero attached hydrogens (tertiary/aromatic N) is 1. The highest BCUT2D eigenvalue weighted by atomic mass is 16.3. The number of hydrogen-bond donors (Lipinski definition) is 1. The first-order valence-electron chi connectivity index (χ1n) is 7.25. The minimum atomic E-state index is 0.110. The molecule has 1 aromatic carbocycles. The molecule has 1 amide bonds. The summed E-state index contributed by atoms with van der Waals surface area (Å²) >= 11 is 0. The molecular formula is C16H18N2O2. The normalized spacial score (nSPS) is 29.1. The summed E-state index contributed by atoms with van der Waals surface area (Å²) < 4.78 is 5.51. The average Bonchev–Trinajstić information content (AvgIpc) is 3.11. The van der Waals surface area contributed by atoms with Crippen molar-refractivity contribution in [3.05, 3.63) is 36.1 Å². The van der Waals surface area contributed by atoms with Gasteiger partial charge in [0.1, 0.15) is 11.8 Å². The second-order valence-electron chi connectivity index (χ2n) is 5.93. The summed E-state index contributed by atoms with van der Waals surface area (Å²) in [6.07, 6.45) is 2.70. The van der Waals surface area contributed by atoms with Gasteiger partial charge in [-0.2, -0.15) is 0 Å². The van der Waals surface area contributed by atoms with Crippen molar-refractivity contribution >= 4 is 16.9 Å². The number of likely N-dealkylation sites (tertiary alicyclic amines) is 1. The summed E-state index contributed by atoms with van der Waals surface area (Å²) in [5.41, 5.74) is 1.48. The Balaban J connectivity index is 1.73. The smallest absolute Gasteiger partial charge is 0.258 e. The van der Waals surface area contributed by atoms with Crippen molar-refractivity contribution in [2.45, 2.75) is 25.4 Å². The number of fused-ring (bicyclic) bond motifs is 2. The van der Waals surface area contributed by atoms with Crippen LogP contribution in [0.1, 0.15) is 23.7 Å². The van der Waals surface area contributed by atoms with Gasteiger partial charge in [-0.05, 0) is 25.3 Å². The first kappa shape index (κ1) is 12.0. The predicted octanol–water partition coefficient (Wildman–Crippen LogP) is 2.26. The average molecular weight is 270 g/mol. The van der Waals surface area contributed by atoms with Crippen molar-refractivity contribution in [2.24, 2.45) is 5.92 Å². The van der Waals surface area contributed by atoms with Crippen LogP contribution >= 0.6 is 0 Å². The van der Waals surface area contributed by atoms with E-state index in [0.717, 1.165) is 30.5 Å². The standard InChI is InChI=1S/C16H18N2O2/c1-10-6-11-7-17-8-14(11)18(10)16(19)13-9-20-15-5-3-2-4-12(13)15/h2-5,9-11,14,17H,6-8H2,1H3. The number of para-hydroxylation sites is 1. The van der Waals surface area contributed by atoms with Crippen molar-refractivity contribution in [1.82, 2.24) is 10.2 Å². The van der Waals surface area contributed by atoms with Crippen molar-refractivity contribution in [3.8, 4) is 0 Å². The van der Waals surface area contributed by atoms with E-state index >= 15 is 0 Å². The van der Waals surface area contributed by atoms with Gasteiger partial charge in [-0.3, -0.25) is 4.79 Å². The molecule has 4 nitrogen and oxygen atoms in total. The lowest BCUT2D eigenvalue weighted by atomic mass is 10.0. The maximum Gasteiger partial charge on any atom is 0.258 e. The number of benzene rings is 1. The number of rotatable bonds is 1. The fraction of sp³-hybridized carbons (Fsp3) is 0.438. The molecule has 1 aromatic heterocycles. The Kier molecular flexibility index (Phi) is 2.60. The minimum Gasteiger partial charge on any atom is -0.463 e. The zero-order chi connectivity index (χ0) is 13.7. The molecule has 3 heterocycles. The number of carbonyl (C=O) groups excluding carboxylic acids is 1. The van der Waals surface area contributed by atoms with Gasteiger partial charge in [0, 0.05) is 30.6 Å². The van der Waals surface area contributed by atoms with Crippen LogP contribution < -0.4 is 5.32 Å². The highest BCUT2D eigenvalue weighted by molar-refractivity contribution is 6.06. The zero-order valence-corrected chi connectivity index (χ0v) is 11.5. The second-order valence-corrected chi connectivity index (χ2v) is 5.93. The first-order chi connectivity index (χ1) is 9.75. The summed E-state index contributed by atoms with van der Waals surface area (Å²) in [6, 6.07) is 8.38. The molecule has 0 bridgehead atoms. The molecule has 0 spiro atoms. The molecule has 3 unspecified atom stereocenters. The van der Waals surface area contributed by atoms with Gasteiger partial charge in [0.15, 0.2) is 0 Å². The molecule has 2 fully saturated rings. The molecule has 3 atom stereocenters. The van der Waals surface area contributed by atoms with Gasteiger partial charge in [-0.25, -0.2) is 0 Å². The fourth-order valence-corrected chi connectivity index (χ4v) is 3.80. The van der Waals surface area contributed by atoms with E-state index in [-0.39, 0.29) is 5.91 Å². The molecule has 4 rings (SSSR count). The molecule has 2 aromatic rings. The molecule has 0 radical (unpaired) electrons. The Bertz CT molecular complexity index is 663. The Labute approximate surface area is 117 Å². The van der Waals surface area contributed by atoms with E-state index in [1.54, 1.807) is 6.26 Å². The summed E-state index contributed by atoms with van der Waals surface area (Å²) in [7, 11) is 0. The molecule has 2 saturated heterocycles. The lowest BCUT2D eigenvalue weighted by molar-refractivity contribution is 0.0683. The molecule has 1 N–H and O–H groups in total. The summed E-state index contributed by atoms with van der Waals surface area (Å²) in [6.45, 7) is 4.10. The SMILES string of the molecule is CC1CC2CNCC2N1C(=O)c1coc2ccccc12.